The molecule has 8 nitrogen and oxygen atoms in total. The minimum atomic E-state index is -0.149. The van der Waals surface area contributed by atoms with Crippen LogP contribution >= 0.6 is 0 Å². The molecule has 0 bridgehead atoms. The lowest BCUT2D eigenvalue weighted by molar-refractivity contribution is -0.146. The molecule has 0 aromatic carbocycles. The van der Waals surface area contributed by atoms with Gasteiger partial charge in [0.1, 0.15) is 11.4 Å². The summed E-state index contributed by atoms with van der Waals surface area (Å²) in [7, 11) is 3.21. The van der Waals surface area contributed by atoms with E-state index in [9.17, 15) is 9.90 Å². The van der Waals surface area contributed by atoms with Crippen molar-refractivity contribution < 1.29 is 19.4 Å². The van der Waals surface area contributed by atoms with Gasteiger partial charge in [0.05, 0.1) is 42.8 Å². The van der Waals surface area contributed by atoms with Crippen LogP contribution in [0.5, 0.6) is 5.75 Å². The molecule has 8 heteroatoms. The average molecular weight is 386 g/mol. The Balaban J connectivity index is 1.47. The summed E-state index contributed by atoms with van der Waals surface area (Å²) in [6.45, 7) is 1.75. The van der Waals surface area contributed by atoms with Crippen LogP contribution in [0.1, 0.15) is 37.1 Å². The van der Waals surface area contributed by atoms with Gasteiger partial charge in [-0.2, -0.15) is 0 Å². The van der Waals surface area contributed by atoms with E-state index in [1.165, 1.54) is 7.11 Å². The van der Waals surface area contributed by atoms with E-state index in [2.05, 4.69) is 15.3 Å². The molecule has 0 spiro atoms. The minimum Gasteiger partial charge on any atom is -0.489 e. The van der Waals surface area contributed by atoms with Crippen LogP contribution in [0.15, 0.2) is 12.1 Å². The predicted molar refractivity (Wildman–Crippen MR) is 100 cm³/mol. The molecule has 1 N–H and O–H groups in total. The lowest BCUT2D eigenvalue weighted by atomic mass is 9.92. The van der Waals surface area contributed by atoms with Crippen molar-refractivity contribution in [3.05, 3.63) is 23.5 Å². The fraction of sp³-hybridized carbons (Fsp3) is 0.600. The van der Waals surface area contributed by atoms with Crippen molar-refractivity contribution in [3.63, 3.8) is 0 Å². The number of rotatable bonds is 5. The van der Waals surface area contributed by atoms with Crippen LogP contribution in [0.3, 0.4) is 0 Å². The van der Waals surface area contributed by atoms with E-state index in [-0.39, 0.29) is 24.6 Å². The highest BCUT2D eigenvalue weighted by Gasteiger charge is 2.47. The average Bonchev–Trinajstić information content (AvgIpc) is 3.36. The first-order valence-corrected chi connectivity index (χ1v) is 9.73. The van der Waals surface area contributed by atoms with E-state index in [0.29, 0.717) is 28.9 Å². The smallest absolute Gasteiger partial charge is 0.308 e. The monoisotopic (exact) mass is 386 g/mol. The van der Waals surface area contributed by atoms with Crippen LogP contribution in [-0.2, 0) is 23.2 Å². The Labute approximate surface area is 163 Å². The van der Waals surface area contributed by atoms with Gasteiger partial charge in [-0.05, 0) is 56.6 Å². The normalized spacial score (nSPS) is 26.3. The second-order valence-electron chi connectivity index (χ2n) is 7.79. The Kier molecular flexibility index (Phi) is 5.05. The van der Waals surface area contributed by atoms with E-state index in [1.54, 1.807) is 11.7 Å². The number of carbonyl (C=O) groups excluding carboxylic acids is 1. The summed E-state index contributed by atoms with van der Waals surface area (Å²) in [4.78, 5) is 16.6. The third-order valence-electron chi connectivity index (χ3n) is 6.24. The number of carbonyl (C=O) groups is 1. The number of hydrogen-bond acceptors (Lipinski definition) is 7. The standard InChI is InChI=1S/C20H26N4O4/c1-11-18(7-6-16(21-11)19-17(10-25)24(2)23-22-19)28-13-8-12-4-5-14(15(12)9-13)20(26)27-3/h6-7,12-15,25H,4-5,8-10H2,1-3H3. The highest BCUT2D eigenvalue weighted by Crippen LogP contribution is 2.49. The molecule has 4 atom stereocenters. The Morgan fingerprint density at radius 2 is 2.14 bits per heavy atom. The van der Waals surface area contributed by atoms with Crippen LogP contribution < -0.4 is 4.74 Å². The van der Waals surface area contributed by atoms with E-state index in [4.69, 9.17) is 9.47 Å². The van der Waals surface area contributed by atoms with Crippen molar-refractivity contribution in [2.75, 3.05) is 7.11 Å². The second kappa shape index (κ2) is 7.50. The summed E-state index contributed by atoms with van der Waals surface area (Å²) in [6.07, 6.45) is 3.94. The first kappa shape index (κ1) is 18.9. The van der Waals surface area contributed by atoms with Gasteiger partial charge in [0.15, 0.2) is 0 Å². The SMILES string of the molecule is COC(=O)C1CCC2CC(Oc3ccc(-c4nnn(C)c4CO)nc3C)CC21. The van der Waals surface area contributed by atoms with Crippen molar-refractivity contribution in [2.24, 2.45) is 24.8 Å². The molecule has 2 heterocycles. The number of ether oxygens (including phenoxy) is 2. The van der Waals surface area contributed by atoms with Gasteiger partial charge in [-0.15, -0.1) is 5.10 Å². The third-order valence-corrected chi connectivity index (χ3v) is 6.24. The second-order valence-corrected chi connectivity index (χ2v) is 7.79. The van der Waals surface area contributed by atoms with Crippen LogP contribution in [0.25, 0.3) is 11.4 Å². The van der Waals surface area contributed by atoms with E-state index < -0.39 is 0 Å². The minimum absolute atomic E-state index is 0.0127. The number of fused-ring (bicyclic) bond motifs is 1. The zero-order chi connectivity index (χ0) is 19.8. The Morgan fingerprint density at radius 1 is 1.32 bits per heavy atom. The third kappa shape index (κ3) is 3.26. The maximum absolute atomic E-state index is 12.0. The molecule has 4 unspecified atom stereocenters. The molecule has 2 aromatic rings. The number of aryl methyl sites for hydroxylation is 2. The Hall–Kier alpha value is -2.48. The van der Waals surface area contributed by atoms with Gasteiger partial charge in [0.25, 0.3) is 0 Å². The van der Waals surface area contributed by atoms with Crippen LogP contribution in [0.2, 0.25) is 0 Å². The molecule has 2 aromatic heterocycles. The number of nitrogens with zero attached hydrogens (tertiary/aromatic N) is 4. The number of hydrogen-bond donors (Lipinski definition) is 1. The molecule has 150 valence electrons. The molecular weight excluding hydrogens is 360 g/mol. The van der Waals surface area contributed by atoms with Gasteiger partial charge in [-0.3, -0.25) is 4.79 Å². The molecule has 4 rings (SSSR count). The predicted octanol–water partition coefficient (Wildman–Crippen LogP) is 2.03. The fourth-order valence-corrected chi connectivity index (χ4v) is 4.81. The van der Waals surface area contributed by atoms with Gasteiger partial charge in [0.2, 0.25) is 0 Å². The van der Waals surface area contributed by atoms with E-state index >= 15 is 0 Å². The van der Waals surface area contributed by atoms with Gasteiger partial charge in [-0.25, -0.2) is 9.67 Å². The number of aliphatic hydroxyl groups is 1. The zero-order valence-electron chi connectivity index (χ0n) is 16.5. The molecule has 2 aliphatic rings. The maximum Gasteiger partial charge on any atom is 0.308 e. The van der Waals surface area contributed by atoms with Crippen LogP contribution in [0.4, 0.5) is 0 Å². The summed E-state index contributed by atoms with van der Waals surface area (Å²) in [5, 5.41) is 17.6. The Morgan fingerprint density at radius 3 is 2.86 bits per heavy atom. The molecule has 2 fully saturated rings. The van der Waals surface area contributed by atoms with E-state index in [0.717, 1.165) is 37.1 Å². The van der Waals surface area contributed by atoms with Crippen molar-refractivity contribution in [1.82, 2.24) is 20.0 Å². The van der Waals surface area contributed by atoms with Gasteiger partial charge < -0.3 is 14.6 Å². The molecule has 28 heavy (non-hydrogen) atoms. The molecule has 0 amide bonds. The van der Waals surface area contributed by atoms with Crippen LogP contribution in [0, 0.1) is 24.7 Å². The quantitative estimate of drug-likeness (QED) is 0.785. The number of esters is 1. The van der Waals surface area contributed by atoms with Crippen molar-refractivity contribution in [1.29, 1.82) is 0 Å². The zero-order valence-corrected chi connectivity index (χ0v) is 16.5. The van der Waals surface area contributed by atoms with Gasteiger partial charge in [-0.1, -0.05) is 5.21 Å². The maximum atomic E-state index is 12.0. The first-order chi connectivity index (χ1) is 13.5. The number of pyridine rings is 1. The summed E-state index contributed by atoms with van der Waals surface area (Å²) >= 11 is 0. The molecule has 2 aliphatic carbocycles. The summed E-state index contributed by atoms with van der Waals surface area (Å²) in [5.41, 5.74) is 2.64. The molecule has 0 saturated heterocycles. The first-order valence-electron chi connectivity index (χ1n) is 9.73. The lowest BCUT2D eigenvalue weighted by Crippen LogP contribution is -2.22. The topological polar surface area (TPSA) is 99.4 Å². The highest BCUT2D eigenvalue weighted by atomic mass is 16.5. The number of aromatic nitrogens is 4. The summed E-state index contributed by atoms with van der Waals surface area (Å²) < 4.78 is 12.8. The van der Waals surface area contributed by atoms with Gasteiger partial charge in [0, 0.05) is 7.05 Å². The highest BCUT2D eigenvalue weighted by molar-refractivity contribution is 5.73. The largest absolute Gasteiger partial charge is 0.489 e. The van der Waals surface area contributed by atoms with Gasteiger partial charge >= 0.3 is 5.97 Å². The lowest BCUT2D eigenvalue weighted by Gasteiger charge is -2.18. The molecular formula is C20H26N4O4. The summed E-state index contributed by atoms with van der Waals surface area (Å²) in [6, 6.07) is 3.75. The molecule has 2 saturated carbocycles. The molecule has 0 radical (unpaired) electrons. The summed E-state index contributed by atoms with van der Waals surface area (Å²) in [5.74, 6) is 1.57. The molecule has 0 aliphatic heterocycles. The number of methoxy groups -OCH3 is 1. The van der Waals surface area contributed by atoms with Crippen LogP contribution in [-0.4, -0.2) is 44.3 Å². The Bertz CT molecular complexity index is 881. The fourth-order valence-electron chi connectivity index (χ4n) is 4.81. The number of aliphatic hydroxyl groups excluding tert-OH is 1. The van der Waals surface area contributed by atoms with Crippen molar-refractivity contribution in [2.45, 2.75) is 45.3 Å². The van der Waals surface area contributed by atoms with Crippen molar-refractivity contribution in [3.8, 4) is 17.1 Å². The van der Waals surface area contributed by atoms with E-state index in [1.807, 2.05) is 19.1 Å². The van der Waals surface area contributed by atoms with Crippen molar-refractivity contribution >= 4 is 5.97 Å².